The lowest BCUT2D eigenvalue weighted by Gasteiger charge is -2.01. The molecule has 0 radical (unpaired) electrons. The highest BCUT2D eigenvalue weighted by Gasteiger charge is 1.87. The van der Waals surface area contributed by atoms with Crippen molar-refractivity contribution < 1.29 is 0 Å². The third-order valence-corrected chi connectivity index (χ3v) is 1.83. The number of hydrogen-bond acceptors (Lipinski definition) is 1. The highest BCUT2D eigenvalue weighted by Crippen LogP contribution is 1.96. The van der Waals surface area contributed by atoms with Crippen LogP contribution in [0.3, 0.4) is 0 Å². The summed E-state index contributed by atoms with van der Waals surface area (Å²) in [5.74, 6) is 27.1. The molecule has 0 aromatic rings. The van der Waals surface area contributed by atoms with Gasteiger partial charge in [0.2, 0.25) is 0 Å². The molecule has 0 unspecified atom stereocenters. The average Bonchev–Trinajstić information content (AvgIpc) is 2.45. The topological polar surface area (TPSA) is 12.0 Å². The zero-order chi connectivity index (χ0) is 14.5. The molecule has 0 saturated carbocycles. The fourth-order valence-electron chi connectivity index (χ4n) is 1.01. The molecule has 0 bridgehead atoms. The molecule has 1 heteroatoms. The Morgan fingerprint density at radius 1 is 0.900 bits per heavy atom. The summed E-state index contributed by atoms with van der Waals surface area (Å²) in [7, 11) is 0. The average molecular weight is 255 g/mol. The normalized spacial score (nSPS) is 12.1. The highest BCUT2D eigenvalue weighted by atomic mass is 14.8. The number of rotatable bonds is 0. The molecular formula is C19H13N. The molecule has 1 aliphatic heterocycles. The van der Waals surface area contributed by atoms with Crippen molar-refractivity contribution >= 4 is 0 Å². The van der Waals surface area contributed by atoms with Gasteiger partial charge in [-0.1, -0.05) is 31.8 Å². The number of nitrogens with one attached hydrogen (secondary N) is 1. The zero-order valence-corrected chi connectivity index (χ0v) is 11.5. The van der Waals surface area contributed by atoms with Gasteiger partial charge in [-0.25, -0.2) is 0 Å². The molecule has 0 aromatic heterocycles. The van der Waals surface area contributed by atoms with Gasteiger partial charge in [0.25, 0.3) is 0 Å². The van der Waals surface area contributed by atoms with Gasteiger partial charge in [-0.05, 0) is 59.5 Å². The first-order chi connectivity index (χ1) is 9.79. The predicted octanol–water partition coefficient (Wildman–Crippen LogP) is 2.22. The molecule has 94 valence electrons. The lowest BCUT2D eigenvalue weighted by Crippen LogP contribution is -2.03. The molecule has 0 aromatic carbocycles. The van der Waals surface area contributed by atoms with Crippen LogP contribution in [0.25, 0.3) is 0 Å². The molecule has 0 amide bonds. The van der Waals surface area contributed by atoms with Crippen molar-refractivity contribution in [3.63, 3.8) is 0 Å². The van der Waals surface area contributed by atoms with E-state index in [1.54, 1.807) is 6.08 Å². The standard InChI is InChI=1S/C19H13N/c1-18(2)14-10-8-6-4-3-5-7-9-11-15-19-16-12-13-17-20-19/h12-13,15-18,20H,1-2H3. The summed E-state index contributed by atoms with van der Waals surface area (Å²) in [5.41, 5.74) is 0.933. The summed E-state index contributed by atoms with van der Waals surface area (Å²) in [6.07, 6.45) is 9.36. The molecule has 1 N–H and O–H groups in total. The van der Waals surface area contributed by atoms with Gasteiger partial charge in [0, 0.05) is 23.9 Å². The van der Waals surface area contributed by atoms with Crippen LogP contribution in [0.5, 0.6) is 0 Å². The van der Waals surface area contributed by atoms with E-state index in [2.05, 4.69) is 64.5 Å². The van der Waals surface area contributed by atoms with E-state index in [0.29, 0.717) is 5.92 Å². The first-order valence-corrected chi connectivity index (χ1v) is 6.10. The summed E-state index contributed by atoms with van der Waals surface area (Å²) in [4.78, 5) is 0. The van der Waals surface area contributed by atoms with Gasteiger partial charge in [0.1, 0.15) is 0 Å². The van der Waals surface area contributed by atoms with Crippen LogP contribution in [0.4, 0.5) is 0 Å². The van der Waals surface area contributed by atoms with Crippen molar-refractivity contribution in [2.24, 2.45) is 5.92 Å². The van der Waals surface area contributed by atoms with Crippen LogP contribution in [0.2, 0.25) is 0 Å². The molecule has 20 heavy (non-hydrogen) atoms. The second kappa shape index (κ2) is 9.81. The summed E-state index contributed by atoms with van der Waals surface area (Å²) >= 11 is 0. The van der Waals surface area contributed by atoms with Crippen LogP contribution in [-0.4, -0.2) is 0 Å². The molecule has 0 aliphatic carbocycles. The van der Waals surface area contributed by atoms with Crippen molar-refractivity contribution in [1.29, 1.82) is 0 Å². The Balaban J connectivity index is 2.44. The van der Waals surface area contributed by atoms with E-state index >= 15 is 0 Å². The van der Waals surface area contributed by atoms with Crippen LogP contribution in [0.1, 0.15) is 13.8 Å². The van der Waals surface area contributed by atoms with Crippen LogP contribution in [0.15, 0.2) is 36.2 Å². The van der Waals surface area contributed by atoms with Crippen molar-refractivity contribution in [2.75, 3.05) is 0 Å². The first-order valence-electron chi connectivity index (χ1n) is 6.10. The molecule has 0 saturated heterocycles. The minimum absolute atomic E-state index is 0.324. The zero-order valence-electron chi connectivity index (χ0n) is 11.5. The van der Waals surface area contributed by atoms with Gasteiger partial charge >= 0.3 is 0 Å². The lowest BCUT2D eigenvalue weighted by atomic mass is 10.2. The summed E-state index contributed by atoms with van der Waals surface area (Å²) in [6, 6.07) is 0. The van der Waals surface area contributed by atoms with Gasteiger partial charge in [0.15, 0.2) is 0 Å². The second-order valence-electron chi connectivity index (χ2n) is 3.91. The Labute approximate surface area is 121 Å². The van der Waals surface area contributed by atoms with E-state index in [9.17, 15) is 0 Å². The quantitative estimate of drug-likeness (QED) is 0.654. The van der Waals surface area contributed by atoms with Crippen LogP contribution in [-0.2, 0) is 0 Å². The predicted molar refractivity (Wildman–Crippen MR) is 83.2 cm³/mol. The monoisotopic (exact) mass is 255 g/mol. The maximum absolute atomic E-state index is 3.04. The van der Waals surface area contributed by atoms with Crippen LogP contribution < -0.4 is 5.32 Å². The summed E-state index contributed by atoms with van der Waals surface area (Å²) in [5, 5.41) is 3.04. The molecule has 1 nitrogen and oxygen atoms in total. The second-order valence-corrected chi connectivity index (χ2v) is 3.91. The van der Waals surface area contributed by atoms with Gasteiger partial charge < -0.3 is 5.32 Å². The Kier molecular flexibility index (Phi) is 7.30. The first kappa shape index (κ1) is 14.9. The molecule has 0 fully saturated rings. The third kappa shape index (κ3) is 7.99. The Morgan fingerprint density at radius 3 is 2.15 bits per heavy atom. The number of hydrogen-bond donors (Lipinski definition) is 1. The van der Waals surface area contributed by atoms with Gasteiger partial charge in [-0.3, -0.25) is 0 Å². The van der Waals surface area contributed by atoms with Crippen molar-refractivity contribution in [3.8, 4) is 59.2 Å². The Morgan fingerprint density at radius 2 is 1.55 bits per heavy atom. The lowest BCUT2D eigenvalue weighted by molar-refractivity contribution is 0.867. The van der Waals surface area contributed by atoms with E-state index in [0.717, 1.165) is 5.70 Å². The van der Waals surface area contributed by atoms with Crippen LogP contribution >= 0.6 is 0 Å². The highest BCUT2D eigenvalue weighted by molar-refractivity contribution is 5.44. The SMILES string of the molecule is CC(C)C#CC#CC#CC#CC#CC=C1C=CC=CN1. The smallest absolute Gasteiger partial charge is 0.0464 e. The molecule has 0 atom stereocenters. The number of allylic oxidation sites excluding steroid dienone is 4. The minimum atomic E-state index is 0.324. The van der Waals surface area contributed by atoms with Gasteiger partial charge in [-0.2, -0.15) is 0 Å². The van der Waals surface area contributed by atoms with Crippen molar-refractivity contribution in [2.45, 2.75) is 13.8 Å². The largest absolute Gasteiger partial charge is 0.361 e. The maximum atomic E-state index is 3.04. The van der Waals surface area contributed by atoms with E-state index in [1.807, 2.05) is 38.3 Å². The van der Waals surface area contributed by atoms with Crippen molar-refractivity contribution in [1.82, 2.24) is 5.32 Å². The fourth-order valence-corrected chi connectivity index (χ4v) is 1.01. The minimum Gasteiger partial charge on any atom is -0.361 e. The Bertz CT molecular complexity index is 731. The maximum Gasteiger partial charge on any atom is 0.0464 e. The van der Waals surface area contributed by atoms with Crippen molar-refractivity contribution in [3.05, 3.63) is 36.2 Å². The third-order valence-electron chi connectivity index (χ3n) is 1.83. The summed E-state index contributed by atoms with van der Waals surface area (Å²) < 4.78 is 0. The van der Waals surface area contributed by atoms with Crippen LogP contribution in [0, 0.1) is 65.1 Å². The van der Waals surface area contributed by atoms with E-state index in [-0.39, 0.29) is 0 Å². The van der Waals surface area contributed by atoms with E-state index < -0.39 is 0 Å². The van der Waals surface area contributed by atoms with Gasteiger partial charge in [-0.15, -0.1) is 0 Å². The fraction of sp³-hybridized carbons (Fsp3) is 0.158. The molecule has 1 rings (SSSR count). The number of dihydropyridines is 1. The molecule has 1 aliphatic rings. The van der Waals surface area contributed by atoms with Gasteiger partial charge in [0.05, 0.1) is 0 Å². The molecule has 1 heterocycles. The summed E-state index contributed by atoms with van der Waals surface area (Å²) in [6.45, 7) is 4.02. The van der Waals surface area contributed by atoms with E-state index in [1.165, 1.54) is 0 Å². The molecular weight excluding hydrogens is 242 g/mol. The van der Waals surface area contributed by atoms with E-state index in [4.69, 9.17) is 0 Å². The Hall–Kier alpha value is -3.18. The molecule has 0 spiro atoms.